The molecule has 6 nitrogen and oxygen atoms in total. The minimum Gasteiger partial charge on any atom is -0.504 e. The molecule has 31 heavy (non-hydrogen) atoms. The van der Waals surface area contributed by atoms with E-state index in [1.165, 1.54) is 5.56 Å². The number of amides is 1. The number of hydrogen-bond donors (Lipinski definition) is 2. The van der Waals surface area contributed by atoms with Gasteiger partial charge in [-0.1, -0.05) is 41.0 Å². The number of carbonyl (C=O) groups excluding carboxylic acids is 1. The molecule has 0 spiro atoms. The van der Waals surface area contributed by atoms with E-state index in [0.717, 1.165) is 37.2 Å². The third-order valence-corrected chi connectivity index (χ3v) is 6.18. The van der Waals surface area contributed by atoms with Gasteiger partial charge in [0.1, 0.15) is 0 Å². The van der Waals surface area contributed by atoms with Gasteiger partial charge in [0.15, 0.2) is 5.76 Å². The van der Waals surface area contributed by atoms with Crippen molar-refractivity contribution in [2.75, 3.05) is 18.5 Å². The van der Waals surface area contributed by atoms with Crippen LogP contribution in [-0.2, 0) is 9.53 Å². The van der Waals surface area contributed by atoms with Gasteiger partial charge < -0.3 is 19.7 Å². The van der Waals surface area contributed by atoms with E-state index in [2.05, 4.69) is 22.6 Å². The maximum atomic E-state index is 12.6. The average Bonchev–Trinajstić information content (AvgIpc) is 3.35. The summed E-state index contributed by atoms with van der Waals surface area (Å²) >= 11 is 6.55. The highest BCUT2D eigenvalue weighted by Crippen LogP contribution is 2.42. The number of nitrogens with one attached hydrogen (secondary N) is 1. The van der Waals surface area contributed by atoms with Gasteiger partial charge >= 0.3 is 0 Å². The van der Waals surface area contributed by atoms with Gasteiger partial charge in [0.25, 0.3) is 5.91 Å². The number of fused-ring (bicyclic) bond motifs is 1. The molecule has 2 aromatic carbocycles. The van der Waals surface area contributed by atoms with E-state index < -0.39 is 5.91 Å². The van der Waals surface area contributed by atoms with Crippen molar-refractivity contribution in [3.8, 4) is 11.1 Å². The van der Waals surface area contributed by atoms with Gasteiger partial charge in [-0.15, -0.1) is 0 Å². The molecule has 1 aromatic heterocycles. The first kappa shape index (κ1) is 19.8. The van der Waals surface area contributed by atoms with Crippen molar-refractivity contribution in [2.45, 2.75) is 25.7 Å². The van der Waals surface area contributed by atoms with Crippen molar-refractivity contribution in [3.63, 3.8) is 0 Å². The van der Waals surface area contributed by atoms with Crippen molar-refractivity contribution in [1.29, 1.82) is 0 Å². The van der Waals surface area contributed by atoms with Crippen LogP contribution in [0.5, 0.6) is 0 Å². The summed E-state index contributed by atoms with van der Waals surface area (Å²) in [5.41, 5.74) is 4.90. The number of hydrogen-bond acceptors (Lipinski definition) is 5. The zero-order valence-corrected chi connectivity index (χ0v) is 17.7. The van der Waals surface area contributed by atoms with Crippen LogP contribution in [0.4, 0.5) is 5.69 Å². The summed E-state index contributed by atoms with van der Waals surface area (Å²) in [4.78, 5) is 12.6. The monoisotopic (exact) mass is 436 g/mol. The summed E-state index contributed by atoms with van der Waals surface area (Å²) in [6, 6.07) is 13.5. The van der Waals surface area contributed by atoms with Crippen molar-refractivity contribution in [3.05, 3.63) is 70.1 Å². The van der Waals surface area contributed by atoms with Gasteiger partial charge in [-0.25, -0.2) is 0 Å². The largest absolute Gasteiger partial charge is 0.504 e. The second kappa shape index (κ2) is 7.87. The number of anilines is 1. The number of benzene rings is 2. The molecule has 3 aromatic rings. The second-order valence-electron chi connectivity index (χ2n) is 7.90. The fourth-order valence-corrected chi connectivity index (χ4v) is 4.48. The Bertz CT molecular complexity index is 1190. The third kappa shape index (κ3) is 3.62. The first-order valence-electron chi connectivity index (χ1n) is 10.2. The number of halogens is 1. The molecule has 0 bridgehead atoms. The number of aryl methyl sites for hydroxylation is 1. The molecule has 0 radical (unpaired) electrons. The van der Waals surface area contributed by atoms with Crippen LogP contribution in [0, 0.1) is 6.92 Å². The van der Waals surface area contributed by atoms with Crippen molar-refractivity contribution >= 4 is 34.5 Å². The number of carbonyl (C=O) groups is 1. The number of aromatic nitrogens is 1. The van der Waals surface area contributed by atoms with E-state index in [0.29, 0.717) is 27.9 Å². The smallest absolute Gasteiger partial charge is 0.260 e. The number of nitrogens with zero attached hydrogens (tertiary/aromatic N) is 1. The molecular weight excluding hydrogens is 416 g/mol. The minimum atomic E-state index is -0.412. The maximum Gasteiger partial charge on any atom is 0.260 e. The van der Waals surface area contributed by atoms with Crippen LogP contribution in [0.25, 0.3) is 22.5 Å². The lowest BCUT2D eigenvalue weighted by Crippen LogP contribution is -2.13. The van der Waals surface area contributed by atoms with Crippen LogP contribution in [0.2, 0.25) is 5.02 Å². The average molecular weight is 437 g/mol. The highest BCUT2D eigenvalue weighted by Gasteiger charge is 2.31. The lowest BCUT2D eigenvalue weighted by atomic mass is 9.90. The Morgan fingerprint density at radius 1 is 1.13 bits per heavy atom. The molecule has 0 aliphatic carbocycles. The summed E-state index contributed by atoms with van der Waals surface area (Å²) in [6.07, 6.45) is 2.06. The molecule has 1 saturated heterocycles. The van der Waals surface area contributed by atoms with Gasteiger partial charge in [-0.05, 0) is 48.9 Å². The van der Waals surface area contributed by atoms with Crippen molar-refractivity contribution in [2.24, 2.45) is 0 Å². The Morgan fingerprint density at radius 2 is 1.87 bits per heavy atom. The zero-order valence-electron chi connectivity index (χ0n) is 16.9. The Kier molecular flexibility index (Phi) is 5.04. The Morgan fingerprint density at radius 3 is 2.55 bits per heavy atom. The van der Waals surface area contributed by atoms with E-state index in [-0.39, 0.29) is 17.1 Å². The van der Waals surface area contributed by atoms with Crippen LogP contribution in [0.1, 0.15) is 41.3 Å². The summed E-state index contributed by atoms with van der Waals surface area (Å²) in [5.74, 6) is -0.00519. The highest BCUT2D eigenvalue weighted by atomic mass is 35.5. The molecule has 5 rings (SSSR count). The number of aliphatic hydroxyl groups is 1. The first-order chi connectivity index (χ1) is 15.0. The lowest BCUT2D eigenvalue weighted by molar-refractivity contribution is -0.110. The minimum absolute atomic E-state index is 0.142. The molecule has 2 aliphatic heterocycles. The van der Waals surface area contributed by atoms with Crippen molar-refractivity contribution in [1.82, 2.24) is 5.16 Å². The zero-order chi connectivity index (χ0) is 21.5. The molecule has 2 aliphatic rings. The molecule has 7 heteroatoms. The molecule has 2 N–H and O–H groups in total. The lowest BCUT2D eigenvalue weighted by Gasteiger charge is -2.22. The fourth-order valence-electron chi connectivity index (χ4n) is 4.21. The molecule has 1 fully saturated rings. The van der Waals surface area contributed by atoms with Gasteiger partial charge in [-0.3, -0.25) is 4.79 Å². The molecule has 0 unspecified atom stereocenters. The molecule has 158 valence electrons. The quantitative estimate of drug-likeness (QED) is 0.413. The van der Waals surface area contributed by atoms with E-state index in [4.69, 9.17) is 20.9 Å². The number of ether oxygens (including phenoxy) is 1. The van der Waals surface area contributed by atoms with Gasteiger partial charge in [0, 0.05) is 30.4 Å². The molecular formula is C24H21ClN2O4. The standard InChI is InChI=1S/C24H21ClN2O4/c1-13-10-21(31-27-13)23(28)22-18-11-17(19(25)12-20(18)26-24(22)29)16-4-2-14(3-5-16)15-6-8-30-9-7-15/h2-5,10-12,15,28H,6-9H2,1H3,(H,26,29). The number of aliphatic hydroxyl groups excluding tert-OH is 1. The van der Waals surface area contributed by atoms with Gasteiger partial charge in [0.05, 0.1) is 22.0 Å². The Labute approximate surface area is 184 Å². The van der Waals surface area contributed by atoms with Gasteiger partial charge in [0.2, 0.25) is 5.76 Å². The van der Waals surface area contributed by atoms with Gasteiger partial charge in [-0.2, -0.15) is 0 Å². The van der Waals surface area contributed by atoms with Crippen LogP contribution in [0.15, 0.2) is 47.0 Å². The summed E-state index contributed by atoms with van der Waals surface area (Å²) in [7, 11) is 0. The molecule has 3 heterocycles. The highest BCUT2D eigenvalue weighted by molar-refractivity contribution is 6.38. The first-order valence-corrected chi connectivity index (χ1v) is 10.6. The third-order valence-electron chi connectivity index (χ3n) is 5.86. The SMILES string of the molecule is Cc1cc(C(O)=C2C(=O)Nc3cc(Cl)c(-c4ccc(C5CCOCC5)cc4)cc32)on1. The van der Waals surface area contributed by atoms with Crippen molar-refractivity contribution < 1.29 is 19.2 Å². The van der Waals surface area contributed by atoms with E-state index >= 15 is 0 Å². The predicted octanol–water partition coefficient (Wildman–Crippen LogP) is 5.58. The van der Waals surface area contributed by atoms with E-state index in [9.17, 15) is 9.90 Å². The normalized spacial score (nSPS) is 18.1. The Balaban J connectivity index is 1.54. The summed E-state index contributed by atoms with van der Waals surface area (Å²) in [5, 5.41) is 17.8. The number of rotatable bonds is 3. The summed E-state index contributed by atoms with van der Waals surface area (Å²) < 4.78 is 10.6. The fraction of sp³-hybridized carbons (Fsp3) is 0.250. The summed E-state index contributed by atoms with van der Waals surface area (Å²) in [6.45, 7) is 3.34. The predicted molar refractivity (Wildman–Crippen MR) is 119 cm³/mol. The second-order valence-corrected chi connectivity index (χ2v) is 8.30. The topological polar surface area (TPSA) is 84.6 Å². The molecule has 1 amide bonds. The van der Waals surface area contributed by atoms with Crippen LogP contribution < -0.4 is 5.32 Å². The van der Waals surface area contributed by atoms with E-state index in [1.54, 1.807) is 19.1 Å². The van der Waals surface area contributed by atoms with Crippen LogP contribution in [0.3, 0.4) is 0 Å². The maximum absolute atomic E-state index is 12.6. The molecule has 0 atom stereocenters. The molecule has 0 saturated carbocycles. The van der Waals surface area contributed by atoms with Crippen LogP contribution >= 0.6 is 11.6 Å². The van der Waals surface area contributed by atoms with Crippen LogP contribution in [-0.4, -0.2) is 29.4 Å². The van der Waals surface area contributed by atoms with E-state index in [1.807, 2.05) is 18.2 Å². The Hall–Kier alpha value is -3.09.